The summed E-state index contributed by atoms with van der Waals surface area (Å²) in [6.07, 6.45) is 0. The molecule has 104 valence electrons. The summed E-state index contributed by atoms with van der Waals surface area (Å²) in [5.41, 5.74) is 5.25. The van der Waals surface area contributed by atoms with Gasteiger partial charge >= 0.3 is 5.69 Å². The van der Waals surface area contributed by atoms with Crippen LogP contribution in [0.2, 0.25) is 0 Å². The van der Waals surface area contributed by atoms with E-state index in [0.717, 1.165) is 0 Å². The van der Waals surface area contributed by atoms with E-state index in [1.54, 1.807) is 24.3 Å². The molecule has 0 aliphatic rings. The molecule has 0 spiro atoms. The molecule has 2 N–H and O–H groups in total. The zero-order valence-electron chi connectivity index (χ0n) is 10.8. The molecule has 2 rings (SSSR count). The first-order chi connectivity index (χ1) is 9.60. The van der Waals surface area contributed by atoms with Crippen LogP contribution < -0.4 is 15.2 Å². The lowest BCUT2D eigenvalue weighted by Crippen LogP contribution is -1.99. The predicted octanol–water partition coefficient (Wildman–Crippen LogP) is 2.76. The fourth-order valence-electron chi connectivity index (χ4n) is 1.57. The minimum absolute atomic E-state index is 0.182. The van der Waals surface area contributed by atoms with Gasteiger partial charge in [-0.05, 0) is 19.1 Å². The molecular weight excluding hydrogens is 262 g/mol. The van der Waals surface area contributed by atoms with E-state index in [9.17, 15) is 10.1 Å². The van der Waals surface area contributed by atoms with Crippen LogP contribution in [0.3, 0.4) is 0 Å². The second-order valence-electron chi connectivity index (χ2n) is 3.82. The molecule has 0 aliphatic heterocycles. The highest BCUT2D eigenvalue weighted by molar-refractivity contribution is 5.53. The van der Waals surface area contributed by atoms with E-state index in [0.29, 0.717) is 18.1 Å². The van der Waals surface area contributed by atoms with Gasteiger partial charge in [0.2, 0.25) is 11.7 Å². The molecule has 0 radical (unpaired) electrons. The zero-order valence-corrected chi connectivity index (χ0v) is 10.8. The van der Waals surface area contributed by atoms with Gasteiger partial charge in [-0.3, -0.25) is 10.1 Å². The molecular formula is C13H13N3O4. The molecule has 0 amide bonds. The number of nitrogen functional groups attached to an aromatic ring is 1. The predicted molar refractivity (Wildman–Crippen MR) is 73.0 cm³/mol. The molecule has 7 heteroatoms. The van der Waals surface area contributed by atoms with Crippen molar-refractivity contribution in [2.45, 2.75) is 6.92 Å². The summed E-state index contributed by atoms with van der Waals surface area (Å²) in [7, 11) is 0. The van der Waals surface area contributed by atoms with Crippen LogP contribution >= 0.6 is 0 Å². The summed E-state index contributed by atoms with van der Waals surface area (Å²) in [6.45, 7) is 2.43. The number of nitro groups is 1. The quantitative estimate of drug-likeness (QED) is 0.665. The fourth-order valence-corrected chi connectivity index (χ4v) is 1.57. The third-order valence-electron chi connectivity index (χ3n) is 2.41. The van der Waals surface area contributed by atoms with Crippen molar-refractivity contribution >= 4 is 11.5 Å². The minimum atomic E-state index is -0.595. The second-order valence-corrected chi connectivity index (χ2v) is 3.82. The third-order valence-corrected chi connectivity index (χ3v) is 2.41. The monoisotopic (exact) mass is 275 g/mol. The molecule has 0 saturated carbocycles. The number of benzene rings is 1. The first-order valence-electron chi connectivity index (χ1n) is 5.91. The SMILES string of the molecule is CCOc1cccc(Oc2ccc([N+](=O)[O-])c(N)n2)c1. The van der Waals surface area contributed by atoms with Gasteiger partial charge in [-0.25, -0.2) is 0 Å². The average molecular weight is 275 g/mol. The van der Waals surface area contributed by atoms with Gasteiger partial charge in [0.15, 0.2) is 0 Å². The highest BCUT2D eigenvalue weighted by atomic mass is 16.6. The van der Waals surface area contributed by atoms with Gasteiger partial charge in [0.1, 0.15) is 11.5 Å². The van der Waals surface area contributed by atoms with Crippen molar-refractivity contribution in [2.75, 3.05) is 12.3 Å². The van der Waals surface area contributed by atoms with E-state index in [-0.39, 0.29) is 17.4 Å². The highest BCUT2D eigenvalue weighted by Crippen LogP contribution is 2.27. The van der Waals surface area contributed by atoms with Crippen molar-refractivity contribution in [3.05, 3.63) is 46.5 Å². The maximum atomic E-state index is 10.6. The van der Waals surface area contributed by atoms with Crippen molar-refractivity contribution in [3.8, 4) is 17.4 Å². The summed E-state index contributed by atoms with van der Waals surface area (Å²) < 4.78 is 10.8. The summed E-state index contributed by atoms with van der Waals surface area (Å²) in [4.78, 5) is 13.9. The van der Waals surface area contributed by atoms with E-state index in [1.807, 2.05) is 6.92 Å². The first kappa shape index (κ1) is 13.6. The molecule has 1 aromatic carbocycles. The number of ether oxygens (including phenoxy) is 2. The molecule has 7 nitrogen and oxygen atoms in total. The van der Waals surface area contributed by atoms with Crippen LogP contribution in [-0.4, -0.2) is 16.5 Å². The van der Waals surface area contributed by atoms with Crippen molar-refractivity contribution in [1.82, 2.24) is 4.98 Å². The van der Waals surface area contributed by atoms with Gasteiger partial charge in [-0.15, -0.1) is 0 Å². The number of nitrogens with two attached hydrogens (primary N) is 1. The van der Waals surface area contributed by atoms with Crippen molar-refractivity contribution < 1.29 is 14.4 Å². The average Bonchev–Trinajstić information content (AvgIpc) is 2.39. The molecule has 0 atom stereocenters. The lowest BCUT2D eigenvalue weighted by Gasteiger charge is -2.07. The number of nitrogens with zero attached hydrogens (tertiary/aromatic N) is 2. The van der Waals surface area contributed by atoms with E-state index in [2.05, 4.69) is 4.98 Å². The maximum Gasteiger partial charge on any atom is 0.311 e. The van der Waals surface area contributed by atoms with Gasteiger partial charge in [-0.1, -0.05) is 6.07 Å². The van der Waals surface area contributed by atoms with Crippen LogP contribution in [-0.2, 0) is 0 Å². The van der Waals surface area contributed by atoms with Crippen LogP contribution in [0.25, 0.3) is 0 Å². The number of hydrogen-bond donors (Lipinski definition) is 1. The Morgan fingerprint density at radius 3 is 2.70 bits per heavy atom. The van der Waals surface area contributed by atoms with Crippen LogP contribution in [0, 0.1) is 10.1 Å². The van der Waals surface area contributed by atoms with E-state index in [1.165, 1.54) is 12.1 Å². The van der Waals surface area contributed by atoms with E-state index < -0.39 is 4.92 Å². The lowest BCUT2D eigenvalue weighted by atomic mass is 10.3. The van der Waals surface area contributed by atoms with Crippen LogP contribution in [0.5, 0.6) is 17.4 Å². The molecule has 0 saturated heterocycles. The Bertz CT molecular complexity index is 631. The van der Waals surface area contributed by atoms with Crippen molar-refractivity contribution in [1.29, 1.82) is 0 Å². The highest BCUT2D eigenvalue weighted by Gasteiger charge is 2.13. The van der Waals surface area contributed by atoms with Crippen LogP contribution in [0.4, 0.5) is 11.5 Å². The molecule has 0 aliphatic carbocycles. The topological polar surface area (TPSA) is 101 Å². The minimum Gasteiger partial charge on any atom is -0.494 e. The van der Waals surface area contributed by atoms with Crippen molar-refractivity contribution in [2.24, 2.45) is 0 Å². The molecule has 20 heavy (non-hydrogen) atoms. The third kappa shape index (κ3) is 3.14. The Balaban J connectivity index is 2.19. The molecule has 1 heterocycles. The van der Waals surface area contributed by atoms with Crippen molar-refractivity contribution in [3.63, 3.8) is 0 Å². The Kier molecular flexibility index (Phi) is 3.99. The number of anilines is 1. The van der Waals surface area contributed by atoms with Gasteiger partial charge < -0.3 is 15.2 Å². The summed E-state index contributed by atoms with van der Waals surface area (Å²) in [5.74, 6) is 1.17. The smallest absolute Gasteiger partial charge is 0.311 e. The number of hydrogen-bond acceptors (Lipinski definition) is 6. The normalized spacial score (nSPS) is 10.1. The largest absolute Gasteiger partial charge is 0.494 e. The Morgan fingerprint density at radius 1 is 1.30 bits per heavy atom. The Morgan fingerprint density at radius 2 is 2.05 bits per heavy atom. The van der Waals surface area contributed by atoms with Gasteiger partial charge in [0.05, 0.1) is 11.5 Å². The first-order valence-corrected chi connectivity index (χ1v) is 5.91. The number of aromatic nitrogens is 1. The lowest BCUT2D eigenvalue weighted by molar-refractivity contribution is -0.384. The Hall–Kier alpha value is -2.83. The van der Waals surface area contributed by atoms with Crippen LogP contribution in [0.1, 0.15) is 6.92 Å². The number of pyridine rings is 1. The Labute approximate surface area is 115 Å². The molecule has 0 fully saturated rings. The standard InChI is InChI=1S/C13H13N3O4/c1-2-19-9-4-3-5-10(8-9)20-12-7-6-11(16(17)18)13(14)15-12/h3-8H,2H2,1H3,(H2,14,15). The van der Waals surface area contributed by atoms with Crippen LogP contribution in [0.15, 0.2) is 36.4 Å². The van der Waals surface area contributed by atoms with Gasteiger partial charge in [0.25, 0.3) is 0 Å². The second kappa shape index (κ2) is 5.87. The van der Waals surface area contributed by atoms with E-state index in [4.69, 9.17) is 15.2 Å². The maximum absolute atomic E-state index is 10.6. The summed E-state index contributed by atoms with van der Waals surface area (Å²) >= 11 is 0. The molecule has 0 unspecified atom stereocenters. The molecule has 1 aromatic heterocycles. The zero-order chi connectivity index (χ0) is 14.5. The molecule has 0 bridgehead atoms. The van der Waals surface area contributed by atoms with Gasteiger partial charge in [0, 0.05) is 18.2 Å². The fraction of sp³-hybridized carbons (Fsp3) is 0.154. The molecule has 2 aromatic rings. The number of rotatable bonds is 5. The van der Waals surface area contributed by atoms with E-state index >= 15 is 0 Å². The summed E-state index contributed by atoms with van der Waals surface area (Å²) in [5, 5.41) is 10.6. The summed E-state index contributed by atoms with van der Waals surface area (Å²) in [6, 6.07) is 9.64. The van der Waals surface area contributed by atoms with Gasteiger partial charge in [-0.2, -0.15) is 4.98 Å².